The van der Waals surface area contributed by atoms with E-state index in [0.717, 1.165) is 0 Å². The minimum Gasteiger partial charge on any atom is -0.497 e. The fourth-order valence-corrected chi connectivity index (χ4v) is 4.35. The first kappa shape index (κ1) is 17.3. The van der Waals surface area contributed by atoms with Gasteiger partial charge in [0.15, 0.2) is 9.84 Å². The number of aromatic nitrogens is 2. The third-order valence-corrected chi connectivity index (χ3v) is 6.29. The van der Waals surface area contributed by atoms with Gasteiger partial charge in [0.05, 0.1) is 19.1 Å². The van der Waals surface area contributed by atoms with E-state index in [-0.39, 0.29) is 29.8 Å². The minimum atomic E-state index is -3.49. The summed E-state index contributed by atoms with van der Waals surface area (Å²) in [7, 11) is 1.16. The van der Waals surface area contributed by atoms with Crippen molar-refractivity contribution in [3.63, 3.8) is 0 Å². The molecule has 2 aromatic rings. The van der Waals surface area contributed by atoms with E-state index in [1.165, 1.54) is 35.9 Å². The quantitative estimate of drug-likeness (QED) is 0.776. The first-order chi connectivity index (χ1) is 11.9. The Hall–Kier alpha value is -2.55. The molecule has 25 heavy (non-hydrogen) atoms. The molecule has 134 valence electrons. The fraction of sp³-hybridized carbons (Fsp3) is 0.375. The van der Waals surface area contributed by atoms with Crippen molar-refractivity contribution < 1.29 is 22.7 Å². The second-order valence-corrected chi connectivity index (χ2v) is 8.01. The van der Waals surface area contributed by atoms with Crippen LogP contribution >= 0.6 is 0 Å². The van der Waals surface area contributed by atoms with Gasteiger partial charge in [-0.2, -0.15) is 0 Å². The molecule has 9 heteroatoms. The van der Waals surface area contributed by atoms with Crippen molar-refractivity contribution in [2.45, 2.75) is 10.1 Å². The van der Waals surface area contributed by atoms with Gasteiger partial charge in [-0.25, -0.2) is 8.42 Å². The molecule has 0 spiro atoms. The molecule has 1 fully saturated rings. The maximum atomic E-state index is 12.6. The first-order valence-electron chi connectivity index (χ1n) is 7.61. The average molecular weight is 365 g/mol. The summed E-state index contributed by atoms with van der Waals surface area (Å²) in [4.78, 5) is 14.2. The Morgan fingerprint density at radius 3 is 2.36 bits per heavy atom. The number of carbonyl (C=O) groups is 1. The number of aryl methyl sites for hydroxylation is 1. The highest BCUT2D eigenvalue weighted by atomic mass is 32.2. The standard InChI is InChI=1S/C16H19N3O5S/c1-18-10-14(15(17-18)24-3)16(20)19-8-13(9-19)25(21,22)12-6-4-11(23-2)5-7-12/h4-7,10,13H,8-9H2,1-3H3. The van der Waals surface area contributed by atoms with E-state index in [0.29, 0.717) is 11.3 Å². The van der Waals surface area contributed by atoms with E-state index in [9.17, 15) is 13.2 Å². The van der Waals surface area contributed by atoms with Crippen LogP contribution in [-0.2, 0) is 16.9 Å². The summed E-state index contributed by atoms with van der Waals surface area (Å²) >= 11 is 0. The highest BCUT2D eigenvalue weighted by Gasteiger charge is 2.41. The van der Waals surface area contributed by atoms with E-state index in [1.54, 1.807) is 25.4 Å². The van der Waals surface area contributed by atoms with E-state index >= 15 is 0 Å². The zero-order chi connectivity index (χ0) is 18.2. The molecule has 1 aliphatic heterocycles. The monoisotopic (exact) mass is 365 g/mol. The zero-order valence-electron chi connectivity index (χ0n) is 14.2. The van der Waals surface area contributed by atoms with Crippen molar-refractivity contribution in [3.8, 4) is 11.6 Å². The van der Waals surface area contributed by atoms with Crippen molar-refractivity contribution in [1.29, 1.82) is 0 Å². The van der Waals surface area contributed by atoms with Crippen LogP contribution in [0, 0.1) is 0 Å². The molecule has 1 saturated heterocycles. The van der Waals surface area contributed by atoms with Crippen molar-refractivity contribution in [2.75, 3.05) is 27.3 Å². The van der Waals surface area contributed by atoms with E-state index < -0.39 is 15.1 Å². The SMILES string of the molecule is COc1ccc(S(=O)(=O)C2CN(C(=O)c3cn(C)nc3OC)C2)cc1. The Morgan fingerprint density at radius 1 is 1.16 bits per heavy atom. The number of ether oxygens (including phenoxy) is 2. The van der Waals surface area contributed by atoms with Gasteiger partial charge in [-0.15, -0.1) is 5.10 Å². The third-order valence-electron chi connectivity index (χ3n) is 4.18. The number of hydrogen-bond acceptors (Lipinski definition) is 6. The smallest absolute Gasteiger partial charge is 0.261 e. The average Bonchev–Trinajstić information content (AvgIpc) is 2.94. The maximum Gasteiger partial charge on any atom is 0.261 e. The molecule has 1 aromatic carbocycles. The van der Waals surface area contributed by atoms with Gasteiger partial charge in [0, 0.05) is 26.3 Å². The molecule has 1 aliphatic rings. The number of hydrogen-bond donors (Lipinski definition) is 0. The summed E-state index contributed by atoms with van der Waals surface area (Å²) in [5.74, 6) is 0.535. The largest absolute Gasteiger partial charge is 0.497 e. The van der Waals surface area contributed by atoms with Crippen LogP contribution < -0.4 is 9.47 Å². The molecule has 2 heterocycles. The molecule has 0 saturated carbocycles. The number of amides is 1. The fourth-order valence-electron chi connectivity index (χ4n) is 2.69. The Kier molecular flexibility index (Phi) is 4.42. The summed E-state index contributed by atoms with van der Waals surface area (Å²) in [6.45, 7) is 0.288. The zero-order valence-corrected chi connectivity index (χ0v) is 15.0. The summed E-state index contributed by atoms with van der Waals surface area (Å²) in [6.07, 6.45) is 1.56. The third kappa shape index (κ3) is 3.07. The summed E-state index contributed by atoms with van der Waals surface area (Å²) in [5, 5.41) is 3.42. The summed E-state index contributed by atoms with van der Waals surface area (Å²) < 4.78 is 36.9. The number of methoxy groups -OCH3 is 2. The predicted molar refractivity (Wildman–Crippen MR) is 89.6 cm³/mol. The molecule has 1 aromatic heterocycles. The van der Waals surface area contributed by atoms with Gasteiger partial charge in [-0.3, -0.25) is 9.48 Å². The second kappa shape index (κ2) is 6.40. The Labute approximate surface area is 145 Å². The molecular formula is C16H19N3O5S. The van der Waals surface area contributed by atoms with Crippen molar-refractivity contribution in [1.82, 2.24) is 14.7 Å². The topological polar surface area (TPSA) is 90.7 Å². The Bertz CT molecular complexity index is 883. The van der Waals surface area contributed by atoms with Gasteiger partial charge in [-0.05, 0) is 24.3 Å². The Balaban J connectivity index is 1.71. The maximum absolute atomic E-state index is 12.6. The molecule has 8 nitrogen and oxygen atoms in total. The number of likely N-dealkylation sites (tertiary alicyclic amines) is 1. The normalized spacial score (nSPS) is 14.9. The van der Waals surface area contributed by atoms with Crippen molar-refractivity contribution in [3.05, 3.63) is 36.0 Å². The number of nitrogens with zero attached hydrogens (tertiary/aromatic N) is 3. The van der Waals surface area contributed by atoms with Crippen molar-refractivity contribution in [2.24, 2.45) is 7.05 Å². The van der Waals surface area contributed by atoms with Gasteiger partial charge in [0.1, 0.15) is 16.6 Å². The summed E-state index contributed by atoms with van der Waals surface area (Å²) in [5.41, 5.74) is 0.324. The van der Waals surface area contributed by atoms with Crippen LogP contribution in [0.4, 0.5) is 0 Å². The molecule has 0 N–H and O–H groups in total. The number of carbonyl (C=O) groups excluding carboxylic acids is 1. The van der Waals surface area contributed by atoms with Crippen LogP contribution in [0.2, 0.25) is 0 Å². The minimum absolute atomic E-state index is 0.144. The molecule has 0 aliphatic carbocycles. The molecule has 1 amide bonds. The molecule has 0 unspecified atom stereocenters. The van der Waals surface area contributed by atoms with Crippen LogP contribution in [0.3, 0.4) is 0 Å². The first-order valence-corrected chi connectivity index (χ1v) is 9.16. The van der Waals surface area contributed by atoms with Crippen LogP contribution in [0.15, 0.2) is 35.4 Å². The summed E-state index contributed by atoms with van der Waals surface area (Å²) in [6, 6.07) is 6.25. The van der Waals surface area contributed by atoms with E-state index in [1.807, 2.05) is 0 Å². The highest BCUT2D eigenvalue weighted by Crippen LogP contribution is 2.28. The second-order valence-electron chi connectivity index (χ2n) is 5.78. The van der Waals surface area contributed by atoms with Gasteiger partial charge >= 0.3 is 0 Å². The molecule has 3 rings (SSSR count). The lowest BCUT2D eigenvalue weighted by Crippen LogP contribution is -2.56. The van der Waals surface area contributed by atoms with Gasteiger partial charge < -0.3 is 14.4 Å². The van der Waals surface area contributed by atoms with Crippen molar-refractivity contribution >= 4 is 15.7 Å². The van der Waals surface area contributed by atoms with Crippen LogP contribution in [-0.4, -0.2) is 61.6 Å². The van der Waals surface area contributed by atoms with Crippen LogP contribution in [0.1, 0.15) is 10.4 Å². The lowest BCUT2D eigenvalue weighted by molar-refractivity contribution is 0.0655. The Morgan fingerprint density at radius 2 is 1.80 bits per heavy atom. The van der Waals surface area contributed by atoms with Crippen LogP contribution in [0.25, 0.3) is 0 Å². The number of benzene rings is 1. The predicted octanol–water partition coefficient (Wildman–Crippen LogP) is 0.736. The van der Waals surface area contributed by atoms with Gasteiger partial charge in [0.2, 0.25) is 5.88 Å². The van der Waals surface area contributed by atoms with Gasteiger partial charge in [0.25, 0.3) is 5.91 Å². The van der Waals surface area contributed by atoms with Gasteiger partial charge in [-0.1, -0.05) is 0 Å². The van der Waals surface area contributed by atoms with E-state index in [4.69, 9.17) is 9.47 Å². The number of sulfone groups is 1. The lowest BCUT2D eigenvalue weighted by atomic mass is 10.1. The number of rotatable bonds is 5. The lowest BCUT2D eigenvalue weighted by Gasteiger charge is -2.38. The van der Waals surface area contributed by atoms with Crippen LogP contribution in [0.5, 0.6) is 11.6 Å². The molecule has 0 radical (unpaired) electrons. The highest BCUT2D eigenvalue weighted by molar-refractivity contribution is 7.92. The molecule has 0 atom stereocenters. The van der Waals surface area contributed by atoms with E-state index in [2.05, 4.69) is 5.10 Å². The molecule has 0 bridgehead atoms. The molecular weight excluding hydrogens is 346 g/mol.